The molecule has 0 bridgehead atoms. The van der Waals surface area contributed by atoms with Crippen LogP contribution >= 0.6 is 15.9 Å². The molecule has 1 aromatic carbocycles. The van der Waals surface area contributed by atoms with Crippen LogP contribution in [-0.2, 0) is 6.42 Å². The van der Waals surface area contributed by atoms with E-state index in [9.17, 15) is 0 Å². The molecule has 0 aliphatic heterocycles. The summed E-state index contributed by atoms with van der Waals surface area (Å²) in [5, 5.41) is 0.985. The van der Waals surface area contributed by atoms with Crippen molar-refractivity contribution >= 4 is 26.8 Å². The topological polar surface area (TPSA) is 35.0 Å². The Morgan fingerprint density at radius 3 is 2.81 bits per heavy atom. The second kappa shape index (κ2) is 4.78. The quantitative estimate of drug-likeness (QED) is 0.809. The van der Waals surface area contributed by atoms with E-state index in [-0.39, 0.29) is 0 Å². The number of aryl methyl sites for hydroxylation is 1. The molecule has 2 aromatic rings. The van der Waals surface area contributed by atoms with Crippen molar-refractivity contribution in [3.05, 3.63) is 28.6 Å². The van der Waals surface area contributed by atoms with Gasteiger partial charge in [0.15, 0.2) is 0 Å². The zero-order chi connectivity index (χ0) is 11.5. The molecule has 0 amide bonds. The van der Waals surface area contributed by atoms with E-state index in [4.69, 9.17) is 4.74 Å². The minimum atomic E-state index is 0.819. The average Bonchev–Trinajstić information content (AvgIpc) is 2.29. The summed E-state index contributed by atoms with van der Waals surface area (Å²) in [4.78, 5) is 8.92. The largest absolute Gasteiger partial charge is 0.497 e. The van der Waals surface area contributed by atoms with E-state index in [2.05, 4.69) is 32.8 Å². The van der Waals surface area contributed by atoms with E-state index < -0.39 is 0 Å². The molecule has 16 heavy (non-hydrogen) atoms. The van der Waals surface area contributed by atoms with Gasteiger partial charge >= 0.3 is 0 Å². The smallest absolute Gasteiger partial charge is 0.130 e. The first-order chi connectivity index (χ1) is 7.74. The van der Waals surface area contributed by atoms with Gasteiger partial charge in [0.1, 0.15) is 16.2 Å². The molecule has 0 saturated carbocycles. The normalized spacial score (nSPS) is 10.7. The average molecular weight is 281 g/mol. The van der Waals surface area contributed by atoms with Gasteiger partial charge in [-0.25, -0.2) is 9.97 Å². The molecule has 3 nitrogen and oxygen atoms in total. The molecule has 1 aromatic heterocycles. The number of ether oxygens (including phenoxy) is 1. The van der Waals surface area contributed by atoms with Crippen LogP contribution in [0.3, 0.4) is 0 Å². The molecule has 0 unspecified atom stereocenters. The Bertz CT molecular complexity index is 514. The van der Waals surface area contributed by atoms with E-state index >= 15 is 0 Å². The lowest BCUT2D eigenvalue weighted by Gasteiger charge is -2.05. The Hall–Kier alpha value is -1.16. The van der Waals surface area contributed by atoms with Gasteiger partial charge in [-0.2, -0.15) is 0 Å². The zero-order valence-electron chi connectivity index (χ0n) is 9.33. The van der Waals surface area contributed by atoms with E-state index in [1.807, 2.05) is 18.2 Å². The molecule has 0 aliphatic rings. The van der Waals surface area contributed by atoms with E-state index in [0.29, 0.717) is 0 Å². The van der Waals surface area contributed by atoms with E-state index in [1.54, 1.807) is 7.11 Å². The van der Waals surface area contributed by atoms with Crippen molar-refractivity contribution in [2.75, 3.05) is 7.11 Å². The van der Waals surface area contributed by atoms with Crippen LogP contribution < -0.4 is 4.74 Å². The van der Waals surface area contributed by atoms with Crippen molar-refractivity contribution in [1.29, 1.82) is 0 Å². The molecule has 0 radical (unpaired) electrons. The molecular formula is C12H13BrN2O. The van der Waals surface area contributed by atoms with Crippen LogP contribution in [0.15, 0.2) is 22.8 Å². The monoisotopic (exact) mass is 280 g/mol. The second-order valence-electron chi connectivity index (χ2n) is 3.56. The highest BCUT2D eigenvalue weighted by Gasteiger charge is 2.06. The number of methoxy groups -OCH3 is 1. The first-order valence-electron chi connectivity index (χ1n) is 5.24. The van der Waals surface area contributed by atoms with Gasteiger partial charge in [-0.15, -0.1) is 0 Å². The van der Waals surface area contributed by atoms with Gasteiger partial charge in [-0.1, -0.05) is 6.92 Å². The SMILES string of the molecule is CCCc1nc(Br)c2cc(OC)ccc2n1. The lowest BCUT2D eigenvalue weighted by atomic mass is 10.2. The van der Waals surface area contributed by atoms with Crippen LogP contribution in [0.25, 0.3) is 10.9 Å². The maximum atomic E-state index is 5.18. The molecule has 4 heteroatoms. The molecular weight excluding hydrogens is 268 g/mol. The van der Waals surface area contributed by atoms with Crippen LogP contribution in [-0.4, -0.2) is 17.1 Å². The maximum Gasteiger partial charge on any atom is 0.130 e. The Morgan fingerprint density at radius 2 is 2.12 bits per heavy atom. The van der Waals surface area contributed by atoms with Crippen molar-refractivity contribution in [3.63, 3.8) is 0 Å². The molecule has 0 atom stereocenters. The van der Waals surface area contributed by atoms with Crippen molar-refractivity contribution < 1.29 is 4.74 Å². The fraction of sp³-hybridized carbons (Fsp3) is 0.333. The molecule has 0 saturated heterocycles. The summed E-state index contributed by atoms with van der Waals surface area (Å²) in [5.74, 6) is 1.70. The number of rotatable bonds is 3. The van der Waals surface area contributed by atoms with Gasteiger partial charge in [0.25, 0.3) is 0 Å². The third-order valence-electron chi connectivity index (χ3n) is 2.38. The third kappa shape index (κ3) is 2.16. The summed E-state index contributed by atoms with van der Waals surface area (Å²) in [7, 11) is 1.65. The lowest BCUT2D eigenvalue weighted by Crippen LogP contribution is -1.96. The number of hydrogen-bond acceptors (Lipinski definition) is 3. The molecule has 0 N–H and O–H groups in total. The van der Waals surface area contributed by atoms with Gasteiger partial charge < -0.3 is 4.74 Å². The molecule has 2 rings (SSSR count). The van der Waals surface area contributed by atoms with Gasteiger partial charge in [0.2, 0.25) is 0 Å². The minimum Gasteiger partial charge on any atom is -0.497 e. The Labute approximate surface area is 103 Å². The first-order valence-corrected chi connectivity index (χ1v) is 6.04. The van der Waals surface area contributed by atoms with Crippen molar-refractivity contribution in [2.24, 2.45) is 0 Å². The van der Waals surface area contributed by atoms with Crippen LogP contribution in [0.5, 0.6) is 5.75 Å². The Kier molecular flexibility index (Phi) is 3.39. The Balaban J connectivity index is 2.57. The second-order valence-corrected chi connectivity index (χ2v) is 4.31. The number of fused-ring (bicyclic) bond motifs is 1. The molecule has 84 valence electrons. The van der Waals surface area contributed by atoms with Gasteiger partial charge in [-0.05, 0) is 40.5 Å². The van der Waals surface area contributed by atoms with Crippen LogP contribution in [0, 0.1) is 0 Å². The fourth-order valence-electron chi connectivity index (χ4n) is 1.58. The fourth-order valence-corrected chi connectivity index (χ4v) is 2.10. The highest BCUT2D eigenvalue weighted by atomic mass is 79.9. The number of benzene rings is 1. The predicted molar refractivity (Wildman–Crippen MR) is 67.8 cm³/mol. The van der Waals surface area contributed by atoms with E-state index in [0.717, 1.165) is 39.9 Å². The van der Waals surface area contributed by atoms with Crippen LogP contribution in [0.1, 0.15) is 19.2 Å². The number of nitrogens with zero attached hydrogens (tertiary/aromatic N) is 2. The summed E-state index contributed by atoms with van der Waals surface area (Å²) in [5.41, 5.74) is 0.950. The summed E-state index contributed by atoms with van der Waals surface area (Å²) in [6, 6.07) is 5.81. The molecule has 0 spiro atoms. The summed E-state index contributed by atoms with van der Waals surface area (Å²) < 4.78 is 6.01. The van der Waals surface area contributed by atoms with Crippen LogP contribution in [0.4, 0.5) is 0 Å². The lowest BCUT2D eigenvalue weighted by molar-refractivity contribution is 0.415. The molecule has 0 aliphatic carbocycles. The van der Waals surface area contributed by atoms with E-state index in [1.165, 1.54) is 0 Å². The molecule has 1 heterocycles. The summed E-state index contributed by atoms with van der Waals surface area (Å²) >= 11 is 3.47. The number of hydrogen-bond donors (Lipinski definition) is 0. The minimum absolute atomic E-state index is 0.819. The standard InChI is InChI=1S/C12H13BrN2O/c1-3-4-11-14-10-6-5-8(16-2)7-9(10)12(13)15-11/h5-7H,3-4H2,1-2H3. The van der Waals surface area contributed by atoms with Crippen molar-refractivity contribution in [1.82, 2.24) is 9.97 Å². The van der Waals surface area contributed by atoms with Gasteiger partial charge in [0.05, 0.1) is 12.6 Å². The zero-order valence-corrected chi connectivity index (χ0v) is 10.9. The Morgan fingerprint density at radius 1 is 1.31 bits per heavy atom. The van der Waals surface area contributed by atoms with Crippen molar-refractivity contribution in [2.45, 2.75) is 19.8 Å². The maximum absolute atomic E-state index is 5.18. The van der Waals surface area contributed by atoms with Crippen molar-refractivity contribution in [3.8, 4) is 5.75 Å². The third-order valence-corrected chi connectivity index (χ3v) is 2.98. The van der Waals surface area contributed by atoms with Gasteiger partial charge in [0, 0.05) is 11.8 Å². The number of halogens is 1. The summed E-state index contributed by atoms with van der Waals surface area (Å²) in [6.07, 6.45) is 1.95. The van der Waals surface area contributed by atoms with Crippen LogP contribution in [0.2, 0.25) is 0 Å². The summed E-state index contributed by atoms with van der Waals surface area (Å²) in [6.45, 7) is 2.12. The predicted octanol–water partition coefficient (Wildman–Crippen LogP) is 3.35. The highest BCUT2D eigenvalue weighted by Crippen LogP contribution is 2.25. The highest BCUT2D eigenvalue weighted by molar-refractivity contribution is 9.10. The van der Waals surface area contributed by atoms with Gasteiger partial charge in [-0.3, -0.25) is 0 Å². The number of aromatic nitrogens is 2. The molecule has 0 fully saturated rings. The first kappa shape index (κ1) is 11.3.